The average Bonchev–Trinajstić information content (AvgIpc) is 2.86. The van der Waals surface area contributed by atoms with E-state index >= 15 is 0 Å². The van der Waals surface area contributed by atoms with Crippen molar-refractivity contribution in [3.05, 3.63) is 29.8 Å². The SMILES string of the molecule is CC(C)c1cccc(NC(=O)CN2CCC(CO)C2)c1. The number of aliphatic hydroxyl groups is 1. The van der Waals surface area contributed by atoms with Gasteiger partial charge in [0, 0.05) is 18.8 Å². The summed E-state index contributed by atoms with van der Waals surface area (Å²) in [6, 6.07) is 8.00. The van der Waals surface area contributed by atoms with Crippen molar-refractivity contribution in [3.8, 4) is 0 Å². The van der Waals surface area contributed by atoms with Gasteiger partial charge in [-0.15, -0.1) is 0 Å². The molecule has 0 aliphatic carbocycles. The number of nitrogens with one attached hydrogen (secondary N) is 1. The molecule has 1 heterocycles. The van der Waals surface area contributed by atoms with Gasteiger partial charge in [-0.3, -0.25) is 9.69 Å². The molecule has 2 N–H and O–H groups in total. The highest BCUT2D eigenvalue weighted by atomic mass is 16.3. The van der Waals surface area contributed by atoms with E-state index in [9.17, 15) is 4.79 Å². The van der Waals surface area contributed by atoms with E-state index in [2.05, 4.69) is 30.1 Å². The number of likely N-dealkylation sites (tertiary alicyclic amines) is 1. The minimum absolute atomic E-state index is 0.0181. The standard InChI is InChI=1S/C16H24N2O2/c1-12(2)14-4-3-5-15(8-14)17-16(20)10-18-7-6-13(9-18)11-19/h3-5,8,12-13,19H,6-7,9-11H2,1-2H3,(H,17,20). The van der Waals surface area contributed by atoms with Crippen LogP contribution in [0.4, 0.5) is 5.69 Å². The van der Waals surface area contributed by atoms with E-state index in [1.807, 2.05) is 18.2 Å². The van der Waals surface area contributed by atoms with Crippen LogP contribution in [0.1, 0.15) is 31.7 Å². The summed E-state index contributed by atoms with van der Waals surface area (Å²) in [7, 11) is 0. The summed E-state index contributed by atoms with van der Waals surface area (Å²) in [5.41, 5.74) is 2.09. The average molecular weight is 276 g/mol. The normalized spacial score (nSPS) is 19.5. The molecule has 1 saturated heterocycles. The van der Waals surface area contributed by atoms with E-state index in [4.69, 9.17) is 5.11 Å². The molecule has 0 radical (unpaired) electrons. The van der Waals surface area contributed by atoms with Gasteiger partial charge in [-0.25, -0.2) is 0 Å². The molecule has 1 aliphatic rings. The zero-order valence-electron chi connectivity index (χ0n) is 12.3. The number of rotatable bonds is 5. The lowest BCUT2D eigenvalue weighted by atomic mass is 10.0. The Morgan fingerprint density at radius 2 is 2.30 bits per heavy atom. The van der Waals surface area contributed by atoms with Crippen LogP contribution in [0.3, 0.4) is 0 Å². The number of anilines is 1. The van der Waals surface area contributed by atoms with Crippen LogP contribution in [-0.4, -0.2) is 42.2 Å². The molecule has 1 aromatic rings. The lowest BCUT2D eigenvalue weighted by Crippen LogP contribution is -2.31. The fraction of sp³-hybridized carbons (Fsp3) is 0.562. The fourth-order valence-electron chi connectivity index (χ4n) is 2.58. The van der Waals surface area contributed by atoms with E-state index in [0.29, 0.717) is 18.4 Å². The highest BCUT2D eigenvalue weighted by molar-refractivity contribution is 5.92. The smallest absolute Gasteiger partial charge is 0.238 e. The second kappa shape index (κ2) is 6.86. The quantitative estimate of drug-likeness (QED) is 0.865. The van der Waals surface area contributed by atoms with Gasteiger partial charge in [0.05, 0.1) is 6.54 Å². The molecule has 2 rings (SSSR count). The van der Waals surface area contributed by atoms with Gasteiger partial charge in [0.15, 0.2) is 0 Å². The number of hydrogen-bond acceptors (Lipinski definition) is 3. The predicted molar refractivity (Wildman–Crippen MR) is 80.8 cm³/mol. The van der Waals surface area contributed by atoms with E-state index in [0.717, 1.165) is 25.2 Å². The first-order valence-corrected chi connectivity index (χ1v) is 7.31. The van der Waals surface area contributed by atoms with Crippen molar-refractivity contribution in [2.75, 3.05) is 31.6 Å². The van der Waals surface area contributed by atoms with Gasteiger partial charge in [0.1, 0.15) is 0 Å². The minimum atomic E-state index is 0.0181. The maximum Gasteiger partial charge on any atom is 0.238 e. The Hall–Kier alpha value is -1.39. The van der Waals surface area contributed by atoms with Crippen molar-refractivity contribution in [1.29, 1.82) is 0 Å². The lowest BCUT2D eigenvalue weighted by Gasteiger charge is -2.15. The number of amides is 1. The first-order valence-electron chi connectivity index (χ1n) is 7.31. The van der Waals surface area contributed by atoms with Gasteiger partial charge in [0.2, 0.25) is 5.91 Å². The van der Waals surface area contributed by atoms with Crippen molar-refractivity contribution in [3.63, 3.8) is 0 Å². The van der Waals surface area contributed by atoms with Crippen molar-refractivity contribution in [2.45, 2.75) is 26.2 Å². The Bertz CT molecular complexity index is 460. The summed E-state index contributed by atoms with van der Waals surface area (Å²) in [4.78, 5) is 14.1. The number of carbonyl (C=O) groups excluding carboxylic acids is 1. The fourth-order valence-corrected chi connectivity index (χ4v) is 2.58. The van der Waals surface area contributed by atoms with Crippen LogP contribution in [0.15, 0.2) is 24.3 Å². The largest absolute Gasteiger partial charge is 0.396 e. The Kier molecular flexibility index (Phi) is 5.15. The van der Waals surface area contributed by atoms with Crippen LogP contribution in [0, 0.1) is 5.92 Å². The van der Waals surface area contributed by atoms with Gasteiger partial charge in [0.25, 0.3) is 0 Å². The van der Waals surface area contributed by atoms with Gasteiger partial charge in [-0.2, -0.15) is 0 Å². The van der Waals surface area contributed by atoms with E-state index < -0.39 is 0 Å². The van der Waals surface area contributed by atoms with Crippen LogP contribution in [0.25, 0.3) is 0 Å². The molecule has 1 amide bonds. The zero-order chi connectivity index (χ0) is 14.5. The molecule has 1 unspecified atom stereocenters. The molecule has 0 saturated carbocycles. The Morgan fingerprint density at radius 1 is 1.50 bits per heavy atom. The van der Waals surface area contributed by atoms with Crippen LogP contribution in [0.5, 0.6) is 0 Å². The molecule has 0 spiro atoms. The van der Waals surface area contributed by atoms with Crippen molar-refractivity contribution >= 4 is 11.6 Å². The second-order valence-corrected chi connectivity index (χ2v) is 5.90. The topological polar surface area (TPSA) is 52.6 Å². The second-order valence-electron chi connectivity index (χ2n) is 5.90. The molecule has 0 aromatic heterocycles. The molecule has 1 fully saturated rings. The molecule has 0 bridgehead atoms. The number of hydrogen-bond donors (Lipinski definition) is 2. The van der Waals surface area contributed by atoms with Crippen LogP contribution in [0.2, 0.25) is 0 Å². The van der Waals surface area contributed by atoms with Gasteiger partial charge < -0.3 is 10.4 Å². The number of nitrogens with zero attached hydrogens (tertiary/aromatic N) is 1. The summed E-state index contributed by atoms with van der Waals surface area (Å²) < 4.78 is 0. The summed E-state index contributed by atoms with van der Waals surface area (Å²) >= 11 is 0. The highest BCUT2D eigenvalue weighted by Gasteiger charge is 2.23. The zero-order valence-corrected chi connectivity index (χ0v) is 12.3. The molecular weight excluding hydrogens is 252 g/mol. The number of aliphatic hydroxyl groups excluding tert-OH is 1. The first-order chi connectivity index (χ1) is 9.58. The monoisotopic (exact) mass is 276 g/mol. The third-order valence-corrected chi connectivity index (χ3v) is 3.83. The van der Waals surface area contributed by atoms with Crippen LogP contribution >= 0.6 is 0 Å². The molecular formula is C16H24N2O2. The Morgan fingerprint density at radius 3 is 2.95 bits per heavy atom. The summed E-state index contributed by atoms with van der Waals surface area (Å²) in [6.45, 7) is 6.61. The van der Waals surface area contributed by atoms with Gasteiger partial charge in [-0.1, -0.05) is 26.0 Å². The third kappa shape index (κ3) is 4.05. The minimum Gasteiger partial charge on any atom is -0.396 e. The molecule has 1 aliphatic heterocycles. The van der Waals surface area contributed by atoms with Crippen molar-refractivity contribution in [2.24, 2.45) is 5.92 Å². The maximum atomic E-state index is 12.0. The Labute approximate surface area is 120 Å². The molecule has 20 heavy (non-hydrogen) atoms. The van der Waals surface area contributed by atoms with Crippen LogP contribution < -0.4 is 5.32 Å². The predicted octanol–water partition coefficient (Wildman–Crippen LogP) is 2.06. The molecule has 1 aromatic carbocycles. The summed E-state index contributed by atoms with van der Waals surface area (Å²) in [6.07, 6.45) is 0.979. The first kappa shape index (κ1) is 15.0. The van der Waals surface area contributed by atoms with Gasteiger partial charge >= 0.3 is 0 Å². The summed E-state index contributed by atoms with van der Waals surface area (Å²) in [5, 5.41) is 12.1. The van der Waals surface area contributed by atoms with E-state index in [-0.39, 0.29) is 12.5 Å². The van der Waals surface area contributed by atoms with E-state index in [1.54, 1.807) is 0 Å². The Balaban J connectivity index is 1.87. The van der Waals surface area contributed by atoms with Gasteiger partial charge in [-0.05, 0) is 42.5 Å². The van der Waals surface area contributed by atoms with Crippen molar-refractivity contribution < 1.29 is 9.90 Å². The third-order valence-electron chi connectivity index (χ3n) is 3.83. The highest BCUT2D eigenvalue weighted by Crippen LogP contribution is 2.19. The number of carbonyl (C=O) groups is 1. The van der Waals surface area contributed by atoms with Crippen molar-refractivity contribution in [1.82, 2.24) is 4.90 Å². The molecule has 1 atom stereocenters. The number of benzene rings is 1. The molecule has 4 nitrogen and oxygen atoms in total. The maximum absolute atomic E-state index is 12.0. The molecule has 110 valence electrons. The van der Waals surface area contributed by atoms with E-state index in [1.165, 1.54) is 5.56 Å². The van der Waals surface area contributed by atoms with Crippen LogP contribution in [-0.2, 0) is 4.79 Å². The molecule has 4 heteroatoms. The lowest BCUT2D eigenvalue weighted by molar-refractivity contribution is -0.117. The summed E-state index contributed by atoms with van der Waals surface area (Å²) in [5.74, 6) is 0.798.